The van der Waals surface area contributed by atoms with Crippen LogP contribution in [0.2, 0.25) is 0 Å². The van der Waals surface area contributed by atoms with Gasteiger partial charge in [-0.2, -0.15) is 0 Å². The van der Waals surface area contributed by atoms with E-state index in [-0.39, 0.29) is 12.0 Å². The number of amidine groups is 1. The van der Waals surface area contributed by atoms with E-state index in [4.69, 9.17) is 4.74 Å². The Hall–Kier alpha value is -1.36. The van der Waals surface area contributed by atoms with Crippen molar-refractivity contribution in [2.75, 3.05) is 27.7 Å². The molecule has 96 valence electrons. The minimum Gasteiger partial charge on any atom is -0.466 e. The lowest BCUT2D eigenvalue weighted by Crippen LogP contribution is -2.34. The summed E-state index contributed by atoms with van der Waals surface area (Å²) < 4.78 is 4.81. The van der Waals surface area contributed by atoms with E-state index in [9.17, 15) is 4.79 Å². The van der Waals surface area contributed by atoms with Crippen LogP contribution in [0.25, 0.3) is 0 Å². The number of hydrogen-bond acceptors (Lipinski definition) is 5. The monoisotopic (exact) mass is 239 g/mol. The van der Waals surface area contributed by atoms with Crippen LogP contribution < -0.4 is 5.32 Å². The number of methoxy groups -OCH3 is 1. The summed E-state index contributed by atoms with van der Waals surface area (Å²) in [6.45, 7) is 4.69. The zero-order chi connectivity index (χ0) is 13.0. The Bertz CT molecular complexity index is 359. The van der Waals surface area contributed by atoms with Crippen LogP contribution in [0.3, 0.4) is 0 Å². The number of nitrogens with zero attached hydrogens (tertiary/aromatic N) is 2. The van der Waals surface area contributed by atoms with E-state index >= 15 is 0 Å². The number of aliphatic imine (C=N–C) groups is 1. The summed E-state index contributed by atoms with van der Waals surface area (Å²) in [5, 5.41) is 3.17. The van der Waals surface area contributed by atoms with E-state index in [1.165, 1.54) is 7.11 Å². The molecule has 1 atom stereocenters. The minimum atomic E-state index is -0.296. The first-order valence-corrected chi connectivity index (χ1v) is 5.73. The van der Waals surface area contributed by atoms with E-state index in [2.05, 4.69) is 15.2 Å². The Morgan fingerprint density at radius 2 is 2.18 bits per heavy atom. The van der Waals surface area contributed by atoms with E-state index in [1.54, 1.807) is 0 Å². The highest BCUT2D eigenvalue weighted by molar-refractivity contribution is 5.94. The predicted molar refractivity (Wildman–Crippen MR) is 67.9 cm³/mol. The van der Waals surface area contributed by atoms with Crippen molar-refractivity contribution in [3.05, 3.63) is 11.3 Å². The fourth-order valence-corrected chi connectivity index (χ4v) is 1.86. The molecular weight excluding hydrogens is 218 g/mol. The fourth-order valence-electron chi connectivity index (χ4n) is 1.86. The molecule has 5 nitrogen and oxygen atoms in total. The molecule has 0 saturated carbocycles. The summed E-state index contributed by atoms with van der Waals surface area (Å²) >= 11 is 0. The van der Waals surface area contributed by atoms with Gasteiger partial charge in [-0.15, -0.1) is 0 Å². The fraction of sp³-hybridized carbons (Fsp3) is 0.667. The van der Waals surface area contributed by atoms with Gasteiger partial charge in [-0.1, -0.05) is 0 Å². The minimum absolute atomic E-state index is 0.138. The first kappa shape index (κ1) is 13.7. The molecule has 0 aromatic rings. The summed E-state index contributed by atoms with van der Waals surface area (Å²) in [6.07, 6.45) is 0.786. The van der Waals surface area contributed by atoms with Crippen LogP contribution in [0.15, 0.2) is 16.3 Å². The summed E-state index contributed by atoms with van der Waals surface area (Å²) in [7, 11) is 5.41. The van der Waals surface area contributed by atoms with Crippen LogP contribution in [0, 0.1) is 0 Å². The zero-order valence-corrected chi connectivity index (χ0v) is 11.2. The largest absolute Gasteiger partial charge is 0.466 e. The molecule has 1 aliphatic heterocycles. The summed E-state index contributed by atoms with van der Waals surface area (Å²) in [4.78, 5) is 18.2. The average Bonchev–Trinajstić information content (AvgIpc) is 2.24. The van der Waals surface area contributed by atoms with Gasteiger partial charge in [0.2, 0.25) is 0 Å². The molecule has 0 aromatic carbocycles. The zero-order valence-electron chi connectivity index (χ0n) is 11.2. The molecule has 1 heterocycles. The van der Waals surface area contributed by atoms with Gasteiger partial charge in [0.15, 0.2) is 0 Å². The third-order valence-electron chi connectivity index (χ3n) is 2.68. The van der Waals surface area contributed by atoms with Crippen molar-refractivity contribution in [3.63, 3.8) is 0 Å². The predicted octanol–water partition coefficient (Wildman–Crippen LogP) is 0.775. The van der Waals surface area contributed by atoms with Crippen LogP contribution in [0.1, 0.15) is 20.3 Å². The van der Waals surface area contributed by atoms with Gasteiger partial charge < -0.3 is 15.0 Å². The Balaban J connectivity index is 2.92. The maximum atomic E-state index is 11.7. The molecule has 0 radical (unpaired) electrons. The van der Waals surface area contributed by atoms with Gasteiger partial charge in [0.1, 0.15) is 0 Å². The van der Waals surface area contributed by atoms with E-state index in [0.717, 1.165) is 24.5 Å². The van der Waals surface area contributed by atoms with E-state index < -0.39 is 0 Å². The molecule has 0 bridgehead atoms. The highest BCUT2D eigenvalue weighted by Gasteiger charge is 2.25. The van der Waals surface area contributed by atoms with E-state index in [1.807, 2.05) is 27.9 Å². The van der Waals surface area contributed by atoms with Gasteiger partial charge in [-0.3, -0.25) is 4.99 Å². The second kappa shape index (κ2) is 5.82. The smallest absolute Gasteiger partial charge is 0.337 e. The van der Waals surface area contributed by atoms with E-state index in [0.29, 0.717) is 5.57 Å². The topological polar surface area (TPSA) is 53.9 Å². The molecule has 1 rings (SSSR count). The number of carbonyl (C=O) groups excluding carboxylic acids is 1. The van der Waals surface area contributed by atoms with Gasteiger partial charge in [0.05, 0.1) is 24.6 Å². The maximum absolute atomic E-state index is 11.7. The number of esters is 1. The van der Waals surface area contributed by atoms with Gasteiger partial charge in [-0.25, -0.2) is 4.79 Å². The molecule has 5 heteroatoms. The highest BCUT2D eigenvalue weighted by atomic mass is 16.5. The lowest BCUT2D eigenvalue weighted by molar-refractivity contribution is -0.136. The van der Waals surface area contributed by atoms with Crippen LogP contribution in [0.5, 0.6) is 0 Å². The Morgan fingerprint density at radius 1 is 1.53 bits per heavy atom. The Labute approximate surface area is 103 Å². The normalized spacial score (nSPS) is 20.1. The quantitative estimate of drug-likeness (QED) is 0.736. The summed E-state index contributed by atoms with van der Waals surface area (Å²) in [5.41, 5.74) is 1.56. The second-order valence-electron chi connectivity index (χ2n) is 4.45. The third-order valence-corrected chi connectivity index (χ3v) is 2.68. The van der Waals surface area contributed by atoms with Crippen LogP contribution in [0.4, 0.5) is 0 Å². The van der Waals surface area contributed by atoms with Crippen molar-refractivity contribution >= 4 is 11.8 Å². The Kier molecular flexibility index (Phi) is 4.69. The standard InChI is InChI=1S/C12H21N3O2/c1-8-11(12(16)17-5)10(6-7-15(3)4)14-9(2)13-8/h8H,6-7H2,1-5H3,(H,13,14). The van der Waals surface area contributed by atoms with Gasteiger partial charge in [-0.05, 0) is 27.9 Å². The molecule has 0 fully saturated rings. The molecule has 0 amide bonds. The summed E-state index contributed by atoms with van der Waals surface area (Å²) in [6, 6.07) is -0.138. The second-order valence-corrected chi connectivity index (χ2v) is 4.45. The molecule has 1 N–H and O–H groups in total. The molecular formula is C12H21N3O2. The molecule has 0 aromatic heterocycles. The highest BCUT2D eigenvalue weighted by Crippen LogP contribution is 2.19. The van der Waals surface area contributed by atoms with Crippen LogP contribution >= 0.6 is 0 Å². The third kappa shape index (κ3) is 3.56. The first-order chi connectivity index (χ1) is 7.95. The van der Waals surface area contributed by atoms with Crippen molar-refractivity contribution in [1.82, 2.24) is 10.2 Å². The molecule has 0 spiro atoms. The molecule has 1 unspecified atom stereocenters. The van der Waals surface area contributed by atoms with Crippen molar-refractivity contribution < 1.29 is 9.53 Å². The number of ether oxygens (including phenoxy) is 1. The lowest BCUT2D eigenvalue weighted by atomic mass is 10.0. The van der Waals surface area contributed by atoms with Crippen LogP contribution in [-0.2, 0) is 9.53 Å². The van der Waals surface area contributed by atoms with Gasteiger partial charge >= 0.3 is 5.97 Å². The number of rotatable bonds is 4. The van der Waals surface area contributed by atoms with Crippen molar-refractivity contribution in [2.24, 2.45) is 4.99 Å². The summed E-state index contributed by atoms with van der Waals surface area (Å²) in [5.74, 6) is 0.550. The number of nitrogens with one attached hydrogen (secondary N) is 1. The van der Waals surface area contributed by atoms with Gasteiger partial charge in [0, 0.05) is 18.7 Å². The van der Waals surface area contributed by atoms with Crippen molar-refractivity contribution in [2.45, 2.75) is 26.3 Å². The average molecular weight is 239 g/mol. The lowest BCUT2D eigenvalue weighted by Gasteiger charge is -2.24. The Morgan fingerprint density at radius 3 is 2.71 bits per heavy atom. The first-order valence-electron chi connectivity index (χ1n) is 5.73. The molecule has 1 aliphatic rings. The molecule has 0 aliphatic carbocycles. The molecule has 0 saturated heterocycles. The number of hydrogen-bond donors (Lipinski definition) is 1. The molecule has 17 heavy (non-hydrogen) atoms. The SMILES string of the molecule is COC(=O)C1=C(CCN(C)C)NC(C)=NC1C. The van der Waals surface area contributed by atoms with Crippen molar-refractivity contribution in [1.29, 1.82) is 0 Å². The van der Waals surface area contributed by atoms with Crippen molar-refractivity contribution in [3.8, 4) is 0 Å². The maximum Gasteiger partial charge on any atom is 0.337 e. The van der Waals surface area contributed by atoms with Crippen LogP contribution in [-0.4, -0.2) is 50.5 Å². The number of carbonyl (C=O) groups is 1. The van der Waals surface area contributed by atoms with Gasteiger partial charge in [0.25, 0.3) is 0 Å².